The molecule has 0 radical (unpaired) electrons. The van der Waals surface area contributed by atoms with Crippen LogP contribution in [0.15, 0.2) is 59.1 Å². The monoisotopic (exact) mass is 441 g/mol. The van der Waals surface area contributed by atoms with Crippen molar-refractivity contribution in [3.05, 3.63) is 70.3 Å². The SMILES string of the molecule is O=C(O)c1nn(-c2ccc(Br)cc2)nc1N1CCN(Cc2ccccc2)CC1. The minimum absolute atomic E-state index is 0.0144. The fourth-order valence-corrected chi connectivity index (χ4v) is 3.56. The number of hydrogen-bond donors (Lipinski definition) is 1. The molecule has 1 aliphatic rings. The van der Waals surface area contributed by atoms with Gasteiger partial charge in [-0.15, -0.1) is 15.0 Å². The van der Waals surface area contributed by atoms with Gasteiger partial charge in [0.15, 0.2) is 5.82 Å². The maximum Gasteiger partial charge on any atom is 0.360 e. The summed E-state index contributed by atoms with van der Waals surface area (Å²) >= 11 is 3.40. The second-order valence-corrected chi connectivity index (χ2v) is 7.61. The summed E-state index contributed by atoms with van der Waals surface area (Å²) in [5.74, 6) is -0.639. The fourth-order valence-electron chi connectivity index (χ4n) is 3.30. The van der Waals surface area contributed by atoms with Gasteiger partial charge in [0, 0.05) is 37.2 Å². The van der Waals surface area contributed by atoms with Crippen LogP contribution in [0.2, 0.25) is 0 Å². The number of carboxylic acids is 1. The molecule has 1 saturated heterocycles. The predicted molar refractivity (Wildman–Crippen MR) is 110 cm³/mol. The molecule has 2 aromatic carbocycles. The predicted octanol–water partition coefficient (Wildman–Crippen LogP) is 3.05. The summed E-state index contributed by atoms with van der Waals surface area (Å²) < 4.78 is 0.941. The first-order chi connectivity index (χ1) is 13.6. The maximum absolute atomic E-state index is 11.7. The molecule has 2 heterocycles. The molecule has 0 unspecified atom stereocenters. The largest absolute Gasteiger partial charge is 0.476 e. The van der Waals surface area contributed by atoms with Gasteiger partial charge in [-0.05, 0) is 29.8 Å². The van der Waals surface area contributed by atoms with Gasteiger partial charge in [0.05, 0.1) is 5.69 Å². The minimum atomic E-state index is -1.06. The summed E-state index contributed by atoms with van der Waals surface area (Å²) in [6.45, 7) is 4.02. The highest BCUT2D eigenvalue weighted by Crippen LogP contribution is 2.21. The molecule has 8 heteroatoms. The standard InChI is InChI=1S/C20H20BrN5O2/c21-16-6-8-17(9-7-16)26-22-18(20(27)28)19(23-26)25-12-10-24(11-13-25)14-15-4-2-1-3-5-15/h1-9H,10-14H2,(H,27,28). The average Bonchev–Trinajstić information content (AvgIpc) is 3.16. The number of rotatable bonds is 5. The molecule has 1 aliphatic heterocycles. The Balaban J connectivity index is 1.49. The lowest BCUT2D eigenvalue weighted by Gasteiger charge is -2.34. The number of aromatic carboxylic acids is 1. The second-order valence-electron chi connectivity index (χ2n) is 6.69. The van der Waals surface area contributed by atoms with Gasteiger partial charge in [-0.1, -0.05) is 46.3 Å². The molecule has 1 N–H and O–H groups in total. The zero-order chi connectivity index (χ0) is 19.5. The van der Waals surface area contributed by atoms with Crippen LogP contribution in [0.1, 0.15) is 16.1 Å². The van der Waals surface area contributed by atoms with Crippen LogP contribution in [0.3, 0.4) is 0 Å². The van der Waals surface area contributed by atoms with Gasteiger partial charge in [-0.25, -0.2) is 4.79 Å². The highest BCUT2D eigenvalue weighted by atomic mass is 79.9. The van der Waals surface area contributed by atoms with Gasteiger partial charge in [-0.2, -0.15) is 0 Å². The van der Waals surface area contributed by atoms with Crippen LogP contribution in [0.25, 0.3) is 5.69 Å². The van der Waals surface area contributed by atoms with E-state index < -0.39 is 5.97 Å². The summed E-state index contributed by atoms with van der Waals surface area (Å²) in [6, 6.07) is 17.8. The zero-order valence-electron chi connectivity index (χ0n) is 15.2. The fraction of sp³-hybridized carbons (Fsp3) is 0.250. The van der Waals surface area contributed by atoms with Crippen LogP contribution in [0, 0.1) is 0 Å². The van der Waals surface area contributed by atoms with Gasteiger partial charge in [0.2, 0.25) is 5.69 Å². The Kier molecular flexibility index (Phi) is 5.40. The topological polar surface area (TPSA) is 74.5 Å². The van der Waals surface area contributed by atoms with Gasteiger partial charge in [-0.3, -0.25) is 4.90 Å². The third kappa shape index (κ3) is 4.07. The Morgan fingerprint density at radius 1 is 0.964 bits per heavy atom. The molecule has 1 fully saturated rings. The van der Waals surface area contributed by atoms with Crippen molar-refractivity contribution in [1.82, 2.24) is 19.9 Å². The number of carbonyl (C=O) groups is 1. The third-order valence-corrected chi connectivity index (χ3v) is 5.31. The van der Waals surface area contributed by atoms with Crippen molar-refractivity contribution in [3.8, 4) is 5.69 Å². The Hall–Kier alpha value is -2.71. The highest BCUT2D eigenvalue weighted by Gasteiger charge is 2.26. The molecule has 0 saturated carbocycles. The summed E-state index contributed by atoms with van der Waals surface area (Å²) in [5.41, 5.74) is 1.99. The summed E-state index contributed by atoms with van der Waals surface area (Å²) in [5, 5.41) is 18.3. The molecule has 4 rings (SSSR count). The van der Waals surface area contributed by atoms with Gasteiger partial charge >= 0.3 is 5.97 Å². The molecule has 0 aliphatic carbocycles. The van der Waals surface area contributed by atoms with E-state index in [9.17, 15) is 9.90 Å². The van der Waals surface area contributed by atoms with Gasteiger partial charge in [0.1, 0.15) is 0 Å². The number of piperazine rings is 1. The number of anilines is 1. The van der Waals surface area contributed by atoms with Crippen LogP contribution < -0.4 is 4.90 Å². The van der Waals surface area contributed by atoms with E-state index >= 15 is 0 Å². The lowest BCUT2D eigenvalue weighted by Crippen LogP contribution is -2.46. The molecule has 144 valence electrons. The van der Waals surface area contributed by atoms with Crippen LogP contribution >= 0.6 is 15.9 Å². The van der Waals surface area contributed by atoms with Crippen LogP contribution in [-0.2, 0) is 6.54 Å². The molecular weight excluding hydrogens is 422 g/mol. The van der Waals surface area contributed by atoms with Crippen molar-refractivity contribution in [2.75, 3.05) is 31.1 Å². The molecule has 7 nitrogen and oxygen atoms in total. The number of hydrogen-bond acceptors (Lipinski definition) is 5. The van der Waals surface area contributed by atoms with E-state index in [-0.39, 0.29) is 5.69 Å². The van der Waals surface area contributed by atoms with Gasteiger partial charge < -0.3 is 10.0 Å². The third-order valence-electron chi connectivity index (χ3n) is 4.78. The van der Waals surface area contributed by atoms with E-state index in [1.165, 1.54) is 10.4 Å². The van der Waals surface area contributed by atoms with Gasteiger partial charge in [0.25, 0.3) is 0 Å². The normalized spacial score (nSPS) is 15.0. The van der Waals surface area contributed by atoms with Crippen molar-refractivity contribution in [2.45, 2.75) is 6.54 Å². The van der Waals surface area contributed by atoms with Crippen LogP contribution in [0.5, 0.6) is 0 Å². The Bertz CT molecular complexity index is 950. The van der Waals surface area contributed by atoms with Crippen LogP contribution in [-0.4, -0.2) is 57.1 Å². The smallest absolute Gasteiger partial charge is 0.360 e. The van der Waals surface area contributed by atoms with E-state index in [0.717, 1.165) is 29.8 Å². The zero-order valence-corrected chi connectivity index (χ0v) is 16.8. The Morgan fingerprint density at radius 2 is 1.64 bits per heavy atom. The number of aromatic nitrogens is 3. The first-order valence-electron chi connectivity index (χ1n) is 9.08. The highest BCUT2D eigenvalue weighted by molar-refractivity contribution is 9.10. The van der Waals surface area contributed by atoms with E-state index in [1.807, 2.05) is 47.4 Å². The Labute approximate surface area is 171 Å². The van der Waals surface area contributed by atoms with Crippen molar-refractivity contribution in [3.63, 3.8) is 0 Å². The quantitative estimate of drug-likeness (QED) is 0.655. The Morgan fingerprint density at radius 3 is 2.29 bits per heavy atom. The van der Waals surface area contributed by atoms with Crippen LogP contribution in [0.4, 0.5) is 5.82 Å². The molecule has 28 heavy (non-hydrogen) atoms. The maximum atomic E-state index is 11.7. The molecule has 0 amide bonds. The molecule has 0 bridgehead atoms. The summed E-state index contributed by atoms with van der Waals surface area (Å²) in [4.78, 5) is 17.5. The number of halogens is 1. The number of benzene rings is 2. The first-order valence-corrected chi connectivity index (χ1v) is 9.87. The van der Waals surface area contributed by atoms with E-state index in [1.54, 1.807) is 0 Å². The van der Waals surface area contributed by atoms with Crippen molar-refractivity contribution < 1.29 is 9.90 Å². The first kappa shape index (κ1) is 18.6. The summed E-state index contributed by atoms with van der Waals surface area (Å²) in [7, 11) is 0. The lowest BCUT2D eigenvalue weighted by atomic mass is 10.2. The minimum Gasteiger partial charge on any atom is -0.476 e. The van der Waals surface area contributed by atoms with E-state index in [4.69, 9.17) is 0 Å². The molecule has 1 aromatic heterocycles. The second kappa shape index (κ2) is 8.12. The molecule has 0 atom stereocenters. The summed E-state index contributed by atoms with van der Waals surface area (Å²) in [6.07, 6.45) is 0. The van der Waals surface area contributed by atoms with Crippen molar-refractivity contribution >= 4 is 27.7 Å². The van der Waals surface area contributed by atoms with E-state index in [2.05, 4.69) is 43.2 Å². The average molecular weight is 442 g/mol. The number of carboxylic acid groups (broad SMARTS) is 1. The lowest BCUT2D eigenvalue weighted by molar-refractivity contribution is 0.0690. The van der Waals surface area contributed by atoms with E-state index in [0.29, 0.717) is 18.9 Å². The molecule has 0 spiro atoms. The van der Waals surface area contributed by atoms with Crippen molar-refractivity contribution in [1.29, 1.82) is 0 Å². The number of nitrogens with zero attached hydrogens (tertiary/aromatic N) is 5. The van der Waals surface area contributed by atoms with Crippen molar-refractivity contribution in [2.24, 2.45) is 0 Å². The molecular formula is C20H20BrN5O2. The molecule has 3 aromatic rings.